The monoisotopic (exact) mass is 239 g/mol. The lowest BCUT2D eigenvalue weighted by molar-refractivity contribution is 0.442. The van der Waals surface area contributed by atoms with Crippen LogP contribution in [0.15, 0.2) is 18.5 Å². The van der Waals surface area contributed by atoms with E-state index < -0.39 is 0 Å². The predicted octanol–water partition coefficient (Wildman–Crippen LogP) is 2.44. The molecule has 0 amide bonds. The third kappa shape index (κ3) is 2.47. The van der Waals surface area contributed by atoms with E-state index in [0.29, 0.717) is 6.04 Å². The van der Waals surface area contributed by atoms with Crippen molar-refractivity contribution in [2.45, 2.75) is 31.7 Å². The third-order valence-corrected chi connectivity index (χ3v) is 3.48. The Labute approximate surface area is 102 Å². The predicted molar refractivity (Wildman–Crippen MR) is 67.9 cm³/mol. The highest BCUT2D eigenvalue weighted by Gasteiger charge is 2.23. The first-order valence-electron chi connectivity index (χ1n) is 5.89. The summed E-state index contributed by atoms with van der Waals surface area (Å²) in [6.45, 7) is 1.82. The maximum Gasteiger partial charge on any atom is 0.0822 e. The molecule has 1 atom stereocenters. The van der Waals surface area contributed by atoms with Gasteiger partial charge in [0.1, 0.15) is 0 Å². The van der Waals surface area contributed by atoms with Gasteiger partial charge in [0.15, 0.2) is 0 Å². The third-order valence-electron chi connectivity index (χ3n) is 3.19. The van der Waals surface area contributed by atoms with E-state index >= 15 is 0 Å². The molecule has 0 saturated carbocycles. The summed E-state index contributed by atoms with van der Waals surface area (Å²) in [6.07, 6.45) is 8.30. The number of aromatic nitrogens is 1. The fourth-order valence-corrected chi connectivity index (χ4v) is 2.64. The SMILES string of the molecule is NCCC1CCCCN1c1ccncc1Cl. The van der Waals surface area contributed by atoms with Gasteiger partial charge in [0.25, 0.3) is 0 Å². The zero-order valence-electron chi connectivity index (χ0n) is 9.40. The molecule has 0 spiro atoms. The minimum atomic E-state index is 0.540. The van der Waals surface area contributed by atoms with E-state index in [1.807, 2.05) is 6.07 Å². The highest BCUT2D eigenvalue weighted by molar-refractivity contribution is 6.33. The highest BCUT2D eigenvalue weighted by atomic mass is 35.5. The van der Waals surface area contributed by atoms with Crippen molar-refractivity contribution in [1.29, 1.82) is 0 Å². The summed E-state index contributed by atoms with van der Waals surface area (Å²) >= 11 is 6.19. The number of hydrogen-bond acceptors (Lipinski definition) is 3. The Morgan fingerprint density at radius 2 is 2.38 bits per heavy atom. The van der Waals surface area contributed by atoms with Crippen molar-refractivity contribution in [2.75, 3.05) is 18.0 Å². The van der Waals surface area contributed by atoms with Crippen LogP contribution < -0.4 is 10.6 Å². The van der Waals surface area contributed by atoms with Gasteiger partial charge in [-0.1, -0.05) is 11.6 Å². The van der Waals surface area contributed by atoms with Crippen LogP contribution >= 0.6 is 11.6 Å². The summed E-state index contributed by atoms with van der Waals surface area (Å²) in [5, 5.41) is 0.742. The molecule has 1 aromatic rings. The van der Waals surface area contributed by atoms with E-state index in [-0.39, 0.29) is 0 Å². The fourth-order valence-electron chi connectivity index (χ4n) is 2.41. The highest BCUT2D eigenvalue weighted by Crippen LogP contribution is 2.31. The molecule has 1 unspecified atom stereocenters. The molecule has 2 rings (SSSR count). The first-order valence-corrected chi connectivity index (χ1v) is 6.27. The zero-order valence-corrected chi connectivity index (χ0v) is 10.2. The summed E-state index contributed by atoms with van der Waals surface area (Å²) < 4.78 is 0. The first kappa shape index (κ1) is 11.7. The van der Waals surface area contributed by atoms with Crippen molar-refractivity contribution in [2.24, 2.45) is 5.73 Å². The summed E-state index contributed by atoms with van der Waals surface area (Å²) in [5.74, 6) is 0. The van der Waals surface area contributed by atoms with Gasteiger partial charge < -0.3 is 10.6 Å². The van der Waals surface area contributed by atoms with E-state index in [9.17, 15) is 0 Å². The molecule has 0 bridgehead atoms. The smallest absolute Gasteiger partial charge is 0.0822 e. The Morgan fingerprint density at radius 1 is 1.50 bits per heavy atom. The Morgan fingerprint density at radius 3 is 3.12 bits per heavy atom. The molecular formula is C12H18ClN3. The van der Waals surface area contributed by atoms with Crippen LogP contribution in [0.1, 0.15) is 25.7 Å². The molecule has 0 aliphatic carbocycles. The Balaban J connectivity index is 2.19. The summed E-state index contributed by atoms with van der Waals surface area (Å²) in [5.41, 5.74) is 6.77. The molecule has 1 saturated heterocycles. The number of hydrogen-bond donors (Lipinski definition) is 1. The average Bonchev–Trinajstić information content (AvgIpc) is 2.31. The van der Waals surface area contributed by atoms with E-state index in [0.717, 1.165) is 30.2 Å². The zero-order chi connectivity index (χ0) is 11.4. The van der Waals surface area contributed by atoms with Gasteiger partial charge in [-0.25, -0.2) is 0 Å². The van der Waals surface area contributed by atoms with E-state index in [4.69, 9.17) is 17.3 Å². The molecule has 0 radical (unpaired) electrons. The molecule has 88 valence electrons. The lowest BCUT2D eigenvalue weighted by Gasteiger charge is -2.37. The fraction of sp³-hybridized carbons (Fsp3) is 0.583. The number of nitrogens with zero attached hydrogens (tertiary/aromatic N) is 2. The Bertz CT molecular complexity index is 341. The van der Waals surface area contributed by atoms with Crippen molar-refractivity contribution < 1.29 is 0 Å². The molecular weight excluding hydrogens is 222 g/mol. The summed E-state index contributed by atoms with van der Waals surface area (Å²) in [6, 6.07) is 2.54. The van der Waals surface area contributed by atoms with Gasteiger partial charge in [-0.15, -0.1) is 0 Å². The number of anilines is 1. The maximum atomic E-state index is 6.19. The van der Waals surface area contributed by atoms with Gasteiger partial charge in [0.05, 0.1) is 10.7 Å². The number of halogens is 1. The number of rotatable bonds is 3. The molecule has 1 aliphatic heterocycles. The standard InChI is InChI=1S/C12H18ClN3/c13-11-9-15-7-5-12(11)16-8-2-1-3-10(16)4-6-14/h5,7,9-10H,1-4,6,8,14H2. The van der Waals surface area contributed by atoms with Crippen LogP contribution in [0.25, 0.3) is 0 Å². The van der Waals surface area contributed by atoms with E-state index in [1.165, 1.54) is 19.3 Å². The largest absolute Gasteiger partial charge is 0.367 e. The van der Waals surface area contributed by atoms with Crippen LogP contribution in [0.4, 0.5) is 5.69 Å². The second-order valence-electron chi connectivity index (χ2n) is 4.25. The number of pyridine rings is 1. The first-order chi connectivity index (χ1) is 7.83. The van der Waals surface area contributed by atoms with E-state index in [1.54, 1.807) is 12.4 Å². The van der Waals surface area contributed by atoms with Crippen LogP contribution in [0.3, 0.4) is 0 Å². The molecule has 1 aliphatic rings. The molecule has 0 aromatic carbocycles. The second-order valence-corrected chi connectivity index (χ2v) is 4.65. The van der Waals surface area contributed by atoms with Gasteiger partial charge in [-0.05, 0) is 38.3 Å². The Hall–Kier alpha value is -0.800. The van der Waals surface area contributed by atoms with Gasteiger partial charge in [0, 0.05) is 25.0 Å². The van der Waals surface area contributed by atoms with Crippen LogP contribution in [0, 0.1) is 0 Å². The summed E-state index contributed by atoms with van der Waals surface area (Å²) in [7, 11) is 0. The minimum Gasteiger partial charge on any atom is -0.367 e. The topological polar surface area (TPSA) is 42.1 Å². The Kier molecular flexibility index (Phi) is 4.02. The van der Waals surface area contributed by atoms with Crippen molar-refractivity contribution in [3.05, 3.63) is 23.5 Å². The van der Waals surface area contributed by atoms with Crippen LogP contribution in [0.2, 0.25) is 5.02 Å². The van der Waals surface area contributed by atoms with Crippen molar-refractivity contribution in [3.8, 4) is 0 Å². The van der Waals surface area contributed by atoms with Gasteiger partial charge in [-0.3, -0.25) is 4.98 Å². The molecule has 1 aromatic heterocycles. The van der Waals surface area contributed by atoms with Crippen molar-refractivity contribution in [3.63, 3.8) is 0 Å². The molecule has 16 heavy (non-hydrogen) atoms. The molecule has 3 nitrogen and oxygen atoms in total. The van der Waals surface area contributed by atoms with Crippen molar-refractivity contribution in [1.82, 2.24) is 4.98 Å². The quantitative estimate of drug-likeness (QED) is 0.881. The molecule has 4 heteroatoms. The molecule has 1 fully saturated rings. The summed E-state index contributed by atoms with van der Waals surface area (Å²) in [4.78, 5) is 6.42. The van der Waals surface area contributed by atoms with E-state index in [2.05, 4.69) is 9.88 Å². The number of nitrogens with two attached hydrogens (primary N) is 1. The second kappa shape index (κ2) is 5.51. The molecule has 2 heterocycles. The van der Waals surface area contributed by atoms with Gasteiger partial charge >= 0.3 is 0 Å². The van der Waals surface area contributed by atoms with Crippen LogP contribution in [-0.2, 0) is 0 Å². The molecule has 2 N–H and O–H groups in total. The minimum absolute atomic E-state index is 0.540. The number of piperidine rings is 1. The van der Waals surface area contributed by atoms with Gasteiger partial charge in [-0.2, -0.15) is 0 Å². The average molecular weight is 240 g/mol. The lowest BCUT2D eigenvalue weighted by atomic mass is 9.99. The van der Waals surface area contributed by atoms with Crippen molar-refractivity contribution >= 4 is 17.3 Å². The normalized spacial score (nSPS) is 21.1. The van der Waals surface area contributed by atoms with Gasteiger partial charge in [0.2, 0.25) is 0 Å². The van der Waals surface area contributed by atoms with Crippen LogP contribution in [0.5, 0.6) is 0 Å². The lowest BCUT2D eigenvalue weighted by Crippen LogP contribution is -2.40. The van der Waals surface area contributed by atoms with Crippen LogP contribution in [-0.4, -0.2) is 24.1 Å². The maximum absolute atomic E-state index is 6.19.